The highest BCUT2D eigenvalue weighted by molar-refractivity contribution is 9.10. The van der Waals surface area contributed by atoms with Crippen LogP contribution in [0, 0.1) is 12.7 Å². The average Bonchev–Trinajstić information content (AvgIpc) is 2.68. The van der Waals surface area contributed by atoms with Gasteiger partial charge in [-0.1, -0.05) is 15.9 Å². The smallest absolute Gasteiger partial charge is 0.407 e. The minimum Gasteiger partial charge on any atom is -0.444 e. The molecule has 1 heterocycles. The number of aromatic nitrogens is 1. The minimum atomic E-state index is -0.582. The summed E-state index contributed by atoms with van der Waals surface area (Å²) in [5, 5.41) is 8.99. The molecule has 1 aliphatic carbocycles. The number of anilines is 2. The molecule has 3 rings (SSSR count). The zero-order valence-electron chi connectivity index (χ0n) is 19.3. The summed E-state index contributed by atoms with van der Waals surface area (Å²) in [7, 11) is 0. The van der Waals surface area contributed by atoms with E-state index < -0.39 is 17.5 Å². The second-order valence-electron chi connectivity index (χ2n) is 9.36. The van der Waals surface area contributed by atoms with Gasteiger partial charge in [-0.25, -0.2) is 14.2 Å². The molecule has 2 aromatic rings. The first kappa shape index (κ1) is 25.0. The standard InChI is InChI=1S/C24H30BrFN4O3/c1-14-9-15(25)11-19(10-14)28-21-20(12-16(26)13-27-21)22(31)29-17-5-7-18(8-6-17)30-23(32)33-24(2,3)4/h9-13,17-18H,5-8H2,1-4H3,(H,27,28)(H,29,31)(H,30,32). The number of aryl methyl sites for hydroxylation is 1. The van der Waals surface area contributed by atoms with Crippen LogP contribution in [0.15, 0.2) is 34.9 Å². The van der Waals surface area contributed by atoms with Gasteiger partial charge in [0.25, 0.3) is 5.91 Å². The fourth-order valence-electron chi connectivity index (χ4n) is 3.78. The zero-order valence-corrected chi connectivity index (χ0v) is 20.9. The summed E-state index contributed by atoms with van der Waals surface area (Å²) in [6.07, 6.45) is 3.48. The summed E-state index contributed by atoms with van der Waals surface area (Å²) in [5.41, 5.74) is 1.36. The van der Waals surface area contributed by atoms with E-state index in [4.69, 9.17) is 4.74 Å². The molecule has 178 valence electrons. The van der Waals surface area contributed by atoms with Crippen molar-refractivity contribution in [3.63, 3.8) is 0 Å². The normalized spacial score (nSPS) is 18.4. The molecule has 0 aliphatic heterocycles. The van der Waals surface area contributed by atoms with Gasteiger partial charge in [-0.2, -0.15) is 0 Å². The number of carbonyl (C=O) groups excluding carboxylic acids is 2. The highest BCUT2D eigenvalue weighted by atomic mass is 79.9. The lowest BCUT2D eigenvalue weighted by atomic mass is 9.91. The maximum absolute atomic E-state index is 13.9. The topological polar surface area (TPSA) is 92.4 Å². The molecule has 1 saturated carbocycles. The number of halogens is 2. The van der Waals surface area contributed by atoms with Gasteiger partial charge < -0.3 is 20.7 Å². The van der Waals surface area contributed by atoms with Crippen molar-refractivity contribution < 1.29 is 18.7 Å². The van der Waals surface area contributed by atoms with Crippen LogP contribution in [0.25, 0.3) is 0 Å². The van der Waals surface area contributed by atoms with E-state index >= 15 is 0 Å². The summed E-state index contributed by atoms with van der Waals surface area (Å²) in [6, 6.07) is 6.85. The third-order valence-electron chi connectivity index (χ3n) is 5.19. The van der Waals surface area contributed by atoms with Crippen LogP contribution in [0.3, 0.4) is 0 Å². The van der Waals surface area contributed by atoms with E-state index in [1.807, 2.05) is 45.9 Å². The van der Waals surface area contributed by atoms with Gasteiger partial charge in [0, 0.05) is 22.2 Å². The quantitative estimate of drug-likeness (QED) is 0.477. The van der Waals surface area contributed by atoms with Crippen LogP contribution in [0.5, 0.6) is 0 Å². The molecule has 0 atom stereocenters. The Balaban J connectivity index is 1.61. The van der Waals surface area contributed by atoms with Gasteiger partial charge in [0.1, 0.15) is 17.2 Å². The number of pyridine rings is 1. The van der Waals surface area contributed by atoms with Crippen molar-refractivity contribution in [2.24, 2.45) is 0 Å². The van der Waals surface area contributed by atoms with Crippen LogP contribution in [-0.4, -0.2) is 34.7 Å². The molecule has 0 radical (unpaired) electrons. The number of benzene rings is 1. The Bertz CT molecular complexity index is 997. The van der Waals surface area contributed by atoms with E-state index in [2.05, 4.69) is 36.9 Å². The summed E-state index contributed by atoms with van der Waals surface area (Å²) in [4.78, 5) is 29.0. The predicted molar refractivity (Wildman–Crippen MR) is 129 cm³/mol. The number of hydrogen-bond donors (Lipinski definition) is 3. The van der Waals surface area contributed by atoms with Crippen LogP contribution < -0.4 is 16.0 Å². The lowest BCUT2D eigenvalue weighted by molar-refractivity contribution is 0.0488. The Morgan fingerprint density at radius 2 is 1.70 bits per heavy atom. The van der Waals surface area contributed by atoms with Gasteiger partial charge >= 0.3 is 6.09 Å². The Kier molecular flexibility index (Phi) is 7.94. The number of nitrogens with one attached hydrogen (secondary N) is 3. The molecule has 0 spiro atoms. The van der Waals surface area contributed by atoms with E-state index in [9.17, 15) is 14.0 Å². The van der Waals surface area contributed by atoms with E-state index in [-0.39, 0.29) is 29.4 Å². The van der Waals surface area contributed by atoms with E-state index in [0.29, 0.717) is 25.7 Å². The van der Waals surface area contributed by atoms with E-state index in [1.165, 1.54) is 6.07 Å². The first-order valence-electron chi connectivity index (χ1n) is 11.0. The number of nitrogens with zero attached hydrogens (tertiary/aromatic N) is 1. The highest BCUT2D eigenvalue weighted by Gasteiger charge is 2.26. The maximum Gasteiger partial charge on any atom is 0.407 e. The number of alkyl carbamates (subject to hydrolysis) is 1. The van der Waals surface area contributed by atoms with Crippen molar-refractivity contribution >= 4 is 39.4 Å². The number of carbonyl (C=O) groups is 2. The van der Waals surface area contributed by atoms with Gasteiger partial charge in [0.2, 0.25) is 0 Å². The van der Waals surface area contributed by atoms with Crippen molar-refractivity contribution in [3.8, 4) is 0 Å². The molecule has 1 aliphatic rings. The molecule has 7 nitrogen and oxygen atoms in total. The molecule has 0 saturated heterocycles. The van der Waals surface area contributed by atoms with Gasteiger partial charge in [-0.15, -0.1) is 0 Å². The molecule has 1 fully saturated rings. The van der Waals surface area contributed by atoms with Crippen LogP contribution in [0.1, 0.15) is 62.4 Å². The Labute approximate surface area is 202 Å². The maximum atomic E-state index is 13.9. The largest absolute Gasteiger partial charge is 0.444 e. The molecule has 0 unspecified atom stereocenters. The summed E-state index contributed by atoms with van der Waals surface area (Å²) in [5.74, 6) is -0.687. The van der Waals surface area contributed by atoms with Crippen LogP contribution in [-0.2, 0) is 4.74 Å². The van der Waals surface area contributed by atoms with Crippen molar-refractivity contribution in [2.45, 2.75) is 71.1 Å². The molecule has 33 heavy (non-hydrogen) atoms. The molecule has 3 N–H and O–H groups in total. The van der Waals surface area contributed by atoms with Crippen molar-refractivity contribution in [1.82, 2.24) is 15.6 Å². The van der Waals surface area contributed by atoms with Gasteiger partial charge in [-0.05, 0) is 83.2 Å². The van der Waals surface area contributed by atoms with Crippen LogP contribution >= 0.6 is 15.9 Å². The molecule has 2 amide bonds. The van der Waals surface area contributed by atoms with Gasteiger partial charge in [-0.3, -0.25) is 4.79 Å². The minimum absolute atomic E-state index is 0.000771. The molecule has 1 aromatic heterocycles. The Morgan fingerprint density at radius 3 is 2.30 bits per heavy atom. The third kappa shape index (κ3) is 7.70. The fourth-order valence-corrected chi connectivity index (χ4v) is 4.38. The predicted octanol–water partition coefficient (Wildman–Crippen LogP) is 5.60. The fraction of sp³-hybridized carbons (Fsp3) is 0.458. The first-order chi connectivity index (χ1) is 15.5. The van der Waals surface area contributed by atoms with Crippen molar-refractivity contribution in [1.29, 1.82) is 0 Å². The van der Waals surface area contributed by atoms with Crippen molar-refractivity contribution in [3.05, 3.63) is 51.9 Å². The Hall–Kier alpha value is -2.68. The number of amides is 2. The molecular weight excluding hydrogens is 491 g/mol. The van der Waals surface area contributed by atoms with Crippen LogP contribution in [0.4, 0.5) is 20.7 Å². The third-order valence-corrected chi connectivity index (χ3v) is 5.64. The van der Waals surface area contributed by atoms with E-state index in [0.717, 1.165) is 21.9 Å². The second-order valence-corrected chi connectivity index (χ2v) is 10.3. The first-order valence-corrected chi connectivity index (χ1v) is 11.8. The highest BCUT2D eigenvalue weighted by Crippen LogP contribution is 2.25. The summed E-state index contributed by atoms with van der Waals surface area (Å²) in [6.45, 7) is 7.42. The molecule has 1 aromatic carbocycles. The lowest BCUT2D eigenvalue weighted by Crippen LogP contribution is -2.45. The Morgan fingerprint density at radius 1 is 1.06 bits per heavy atom. The summed E-state index contributed by atoms with van der Waals surface area (Å²) < 4.78 is 20.1. The number of hydrogen-bond acceptors (Lipinski definition) is 5. The zero-order chi connectivity index (χ0) is 24.2. The van der Waals surface area contributed by atoms with Gasteiger partial charge in [0.05, 0.1) is 11.8 Å². The lowest BCUT2D eigenvalue weighted by Gasteiger charge is -2.30. The molecule has 0 bridgehead atoms. The van der Waals surface area contributed by atoms with Gasteiger partial charge in [0.15, 0.2) is 0 Å². The average molecular weight is 521 g/mol. The monoisotopic (exact) mass is 520 g/mol. The van der Waals surface area contributed by atoms with Crippen molar-refractivity contribution in [2.75, 3.05) is 5.32 Å². The number of ether oxygens (including phenoxy) is 1. The molecular formula is C24H30BrFN4O3. The summed E-state index contributed by atoms with van der Waals surface area (Å²) >= 11 is 3.45. The number of rotatable bonds is 5. The molecule has 9 heteroatoms. The second kappa shape index (κ2) is 10.5. The van der Waals surface area contributed by atoms with E-state index in [1.54, 1.807) is 0 Å². The van der Waals surface area contributed by atoms with Crippen LogP contribution in [0.2, 0.25) is 0 Å². The SMILES string of the molecule is Cc1cc(Br)cc(Nc2ncc(F)cc2C(=O)NC2CCC(NC(=O)OC(C)(C)C)CC2)c1.